The Labute approximate surface area is 127 Å². The second kappa shape index (κ2) is 6.61. The quantitative estimate of drug-likeness (QED) is 0.894. The molecule has 1 aromatic carbocycles. The van der Waals surface area contributed by atoms with E-state index in [1.807, 2.05) is 6.33 Å². The Morgan fingerprint density at radius 2 is 2.10 bits per heavy atom. The molecule has 1 aromatic heterocycles. The van der Waals surface area contributed by atoms with Crippen LogP contribution in [0, 0.1) is 5.92 Å². The number of fused-ring (bicyclic) bond motifs is 1. The van der Waals surface area contributed by atoms with Crippen LogP contribution >= 0.6 is 0 Å². The zero-order valence-electron chi connectivity index (χ0n) is 13.3. The van der Waals surface area contributed by atoms with E-state index in [0.29, 0.717) is 12.1 Å². The molecule has 21 heavy (non-hydrogen) atoms. The van der Waals surface area contributed by atoms with Crippen LogP contribution in [0.25, 0.3) is 11.0 Å². The van der Waals surface area contributed by atoms with Crippen molar-refractivity contribution in [2.45, 2.75) is 58.0 Å². The third-order valence-electron chi connectivity index (χ3n) is 5.00. The summed E-state index contributed by atoms with van der Waals surface area (Å²) in [6, 6.07) is 9.64. The first-order chi connectivity index (χ1) is 10.3. The predicted octanol–water partition coefficient (Wildman–Crippen LogP) is 4.16. The van der Waals surface area contributed by atoms with Gasteiger partial charge in [0.05, 0.1) is 23.4 Å². The lowest BCUT2D eigenvalue weighted by Gasteiger charge is -2.37. The van der Waals surface area contributed by atoms with Gasteiger partial charge in [-0.3, -0.25) is 0 Å². The number of aromatic nitrogens is 2. The number of nitrogens with zero attached hydrogens (tertiary/aromatic N) is 2. The molecule has 3 nitrogen and oxygen atoms in total. The zero-order valence-corrected chi connectivity index (χ0v) is 13.3. The van der Waals surface area contributed by atoms with E-state index in [4.69, 9.17) is 0 Å². The summed E-state index contributed by atoms with van der Waals surface area (Å²) < 4.78 is 2.42. The SMILES string of the molecule is CCCNC1CCC(CC)CC1n1cnc2ccccc21. The van der Waals surface area contributed by atoms with Crippen molar-refractivity contribution in [3.05, 3.63) is 30.6 Å². The molecule has 2 aromatic rings. The van der Waals surface area contributed by atoms with Crippen LogP contribution in [0.2, 0.25) is 0 Å². The molecule has 0 saturated heterocycles. The summed E-state index contributed by atoms with van der Waals surface area (Å²) in [5.74, 6) is 0.857. The minimum atomic E-state index is 0.544. The Kier molecular flexibility index (Phi) is 4.59. The highest BCUT2D eigenvalue weighted by Crippen LogP contribution is 2.36. The van der Waals surface area contributed by atoms with Gasteiger partial charge in [-0.1, -0.05) is 32.4 Å². The largest absolute Gasteiger partial charge is 0.326 e. The monoisotopic (exact) mass is 285 g/mol. The van der Waals surface area contributed by atoms with Crippen LogP contribution in [0.5, 0.6) is 0 Å². The molecule has 3 rings (SSSR count). The molecule has 1 heterocycles. The third-order valence-corrected chi connectivity index (χ3v) is 5.00. The van der Waals surface area contributed by atoms with E-state index in [-0.39, 0.29) is 0 Å². The van der Waals surface area contributed by atoms with E-state index in [1.54, 1.807) is 0 Å². The smallest absolute Gasteiger partial charge is 0.0961 e. The lowest BCUT2D eigenvalue weighted by atomic mass is 9.80. The summed E-state index contributed by atoms with van der Waals surface area (Å²) in [7, 11) is 0. The highest BCUT2D eigenvalue weighted by Gasteiger charge is 2.31. The predicted molar refractivity (Wildman–Crippen MR) is 88.5 cm³/mol. The van der Waals surface area contributed by atoms with Crippen LogP contribution in [0.3, 0.4) is 0 Å². The number of para-hydroxylation sites is 2. The number of hydrogen-bond acceptors (Lipinski definition) is 2. The van der Waals surface area contributed by atoms with Crippen LogP contribution in [0.1, 0.15) is 52.0 Å². The maximum atomic E-state index is 4.59. The summed E-state index contributed by atoms with van der Waals surface area (Å²) >= 11 is 0. The fourth-order valence-electron chi connectivity index (χ4n) is 3.72. The molecule has 0 aliphatic heterocycles. The average molecular weight is 285 g/mol. The average Bonchev–Trinajstić information content (AvgIpc) is 2.96. The van der Waals surface area contributed by atoms with E-state index >= 15 is 0 Å². The van der Waals surface area contributed by atoms with Gasteiger partial charge in [-0.25, -0.2) is 4.98 Å². The maximum absolute atomic E-state index is 4.59. The molecule has 1 saturated carbocycles. The molecule has 3 heteroatoms. The highest BCUT2D eigenvalue weighted by atomic mass is 15.1. The van der Waals surface area contributed by atoms with Crippen molar-refractivity contribution in [1.29, 1.82) is 0 Å². The number of imidazole rings is 1. The Hall–Kier alpha value is -1.35. The Morgan fingerprint density at radius 3 is 2.90 bits per heavy atom. The first-order valence-corrected chi connectivity index (χ1v) is 8.48. The van der Waals surface area contributed by atoms with Crippen molar-refractivity contribution in [2.24, 2.45) is 5.92 Å². The van der Waals surface area contributed by atoms with Crippen molar-refractivity contribution in [2.75, 3.05) is 6.54 Å². The van der Waals surface area contributed by atoms with Gasteiger partial charge < -0.3 is 9.88 Å². The second-order valence-electron chi connectivity index (χ2n) is 6.36. The van der Waals surface area contributed by atoms with Gasteiger partial charge >= 0.3 is 0 Å². The van der Waals surface area contributed by atoms with E-state index in [9.17, 15) is 0 Å². The second-order valence-corrected chi connectivity index (χ2v) is 6.36. The number of hydrogen-bond donors (Lipinski definition) is 1. The molecule has 3 unspecified atom stereocenters. The maximum Gasteiger partial charge on any atom is 0.0961 e. The van der Waals surface area contributed by atoms with E-state index in [1.165, 1.54) is 37.6 Å². The lowest BCUT2D eigenvalue weighted by molar-refractivity contribution is 0.205. The highest BCUT2D eigenvalue weighted by molar-refractivity contribution is 5.75. The number of rotatable bonds is 5. The minimum absolute atomic E-state index is 0.544. The van der Waals surface area contributed by atoms with Crippen LogP contribution in [-0.2, 0) is 0 Å². The topological polar surface area (TPSA) is 29.9 Å². The zero-order chi connectivity index (χ0) is 14.7. The van der Waals surface area contributed by atoms with E-state index in [2.05, 4.69) is 53.0 Å². The van der Waals surface area contributed by atoms with Gasteiger partial charge in [0.15, 0.2) is 0 Å². The molecule has 1 aliphatic carbocycles. The molecule has 1 aliphatic rings. The number of nitrogens with one attached hydrogen (secondary N) is 1. The van der Waals surface area contributed by atoms with Gasteiger partial charge in [0, 0.05) is 6.04 Å². The van der Waals surface area contributed by atoms with Gasteiger partial charge in [-0.2, -0.15) is 0 Å². The fraction of sp³-hybridized carbons (Fsp3) is 0.611. The normalized spacial score (nSPS) is 26.3. The van der Waals surface area contributed by atoms with Gasteiger partial charge in [0.2, 0.25) is 0 Å². The lowest BCUT2D eigenvalue weighted by Crippen LogP contribution is -2.42. The summed E-state index contributed by atoms with van der Waals surface area (Å²) in [6.07, 6.45) is 8.47. The van der Waals surface area contributed by atoms with Crippen LogP contribution in [0.4, 0.5) is 0 Å². The summed E-state index contributed by atoms with van der Waals surface area (Å²) in [5, 5.41) is 3.77. The first kappa shape index (κ1) is 14.6. The van der Waals surface area contributed by atoms with Gasteiger partial charge in [-0.15, -0.1) is 0 Å². The van der Waals surface area contributed by atoms with Crippen LogP contribution in [0.15, 0.2) is 30.6 Å². The molecule has 1 N–H and O–H groups in total. The first-order valence-electron chi connectivity index (χ1n) is 8.48. The molecule has 3 atom stereocenters. The summed E-state index contributed by atoms with van der Waals surface area (Å²) in [6.45, 7) is 5.68. The number of benzene rings is 1. The van der Waals surface area contributed by atoms with Crippen molar-refractivity contribution in [3.8, 4) is 0 Å². The standard InChI is InChI=1S/C18H27N3/c1-3-11-19-16-10-9-14(4-2)12-18(16)21-13-20-15-7-5-6-8-17(15)21/h5-8,13-14,16,18-19H,3-4,9-12H2,1-2H3. The van der Waals surface area contributed by atoms with Crippen LogP contribution in [-0.4, -0.2) is 22.1 Å². The van der Waals surface area contributed by atoms with Gasteiger partial charge in [0.25, 0.3) is 0 Å². The van der Waals surface area contributed by atoms with Crippen LogP contribution < -0.4 is 5.32 Å². The fourth-order valence-corrected chi connectivity index (χ4v) is 3.72. The van der Waals surface area contributed by atoms with Crippen molar-refractivity contribution < 1.29 is 0 Å². The van der Waals surface area contributed by atoms with Crippen molar-refractivity contribution >= 4 is 11.0 Å². The van der Waals surface area contributed by atoms with Gasteiger partial charge in [0.1, 0.15) is 0 Å². The molecule has 0 bridgehead atoms. The summed E-state index contributed by atoms with van der Waals surface area (Å²) in [4.78, 5) is 4.59. The Bertz CT molecular complexity index is 575. The Morgan fingerprint density at radius 1 is 1.24 bits per heavy atom. The van der Waals surface area contributed by atoms with E-state index < -0.39 is 0 Å². The molecule has 0 amide bonds. The minimum Gasteiger partial charge on any atom is -0.326 e. The molecule has 0 spiro atoms. The summed E-state index contributed by atoms with van der Waals surface area (Å²) in [5.41, 5.74) is 2.40. The molecule has 1 fully saturated rings. The molecular weight excluding hydrogens is 258 g/mol. The Balaban J connectivity index is 1.90. The molecule has 0 radical (unpaired) electrons. The molecule has 114 valence electrons. The third kappa shape index (κ3) is 2.98. The van der Waals surface area contributed by atoms with E-state index in [0.717, 1.165) is 18.0 Å². The van der Waals surface area contributed by atoms with Crippen molar-refractivity contribution in [3.63, 3.8) is 0 Å². The van der Waals surface area contributed by atoms with Gasteiger partial charge in [-0.05, 0) is 50.3 Å². The molecular formula is C18H27N3. The van der Waals surface area contributed by atoms with Crippen molar-refractivity contribution in [1.82, 2.24) is 14.9 Å².